The lowest BCUT2D eigenvalue weighted by molar-refractivity contribution is 0.301. The Morgan fingerprint density at radius 1 is 1.33 bits per heavy atom. The van der Waals surface area contributed by atoms with Crippen LogP contribution in [-0.4, -0.2) is 10.1 Å². The highest BCUT2D eigenvalue weighted by Gasteiger charge is 2.26. The standard InChI is InChI=1S/C14H25N3O/c1-4-10(3)12(15)14-16-13(17-18-14)11-7-5-9(2)6-8-11/h9-12H,4-8,15H2,1-3H3. The summed E-state index contributed by atoms with van der Waals surface area (Å²) in [6.07, 6.45) is 5.93. The molecule has 1 saturated carbocycles. The van der Waals surface area contributed by atoms with Crippen molar-refractivity contribution in [1.82, 2.24) is 10.1 Å². The summed E-state index contributed by atoms with van der Waals surface area (Å²) in [4.78, 5) is 4.53. The number of nitrogens with two attached hydrogens (primary N) is 1. The quantitative estimate of drug-likeness (QED) is 0.890. The molecule has 0 spiro atoms. The van der Waals surface area contributed by atoms with E-state index in [1.54, 1.807) is 0 Å². The average molecular weight is 251 g/mol. The molecule has 1 aromatic rings. The minimum atomic E-state index is -0.126. The summed E-state index contributed by atoms with van der Waals surface area (Å²) in [7, 11) is 0. The molecule has 1 aliphatic carbocycles. The topological polar surface area (TPSA) is 64.9 Å². The minimum Gasteiger partial charge on any atom is -0.338 e. The SMILES string of the molecule is CCC(C)C(N)c1nc(C2CCC(C)CC2)no1. The Labute approximate surface area is 109 Å². The monoisotopic (exact) mass is 251 g/mol. The van der Waals surface area contributed by atoms with Crippen LogP contribution in [0.15, 0.2) is 4.52 Å². The lowest BCUT2D eigenvalue weighted by atomic mass is 9.83. The smallest absolute Gasteiger partial charge is 0.243 e. The van der Waals surface area contributed by atoms with Gasteiger partial charge < -0.3 is 10.3 Å². The molecule has 0 saturated heterocycles. The second-order valence-electron chi connectivity index (χ2n) is 5.86. The van der Waals surface area contributed by atoms with Gasteiger partial charge in [-0.1, -0.05) is 45.2 Å². The van der Waals surface area contributed by atoms with Crippen molar-refractivity contribution in [2.45, 2.75) is 64.8 Å². The molecule has 0 amide bonds. The number of hydrogen-bond donors (Lipinski definition) is 1. The third kappa shape index (κ3) is 2.91. The van der Waals surface area contributed by atoms with E-state index in [4.69, 9.17) is 10.3 Å². The van der Waals surface area contributed by atoms with Gasteiger partial charge in [0.05, 0.1) is 6.04 Å². The van der Waals surface area contributed by atoms with Crippen LogP contribution in [0.4, 0.5) is 0 Å². The predicted octanol–water partition coefficient (Wildman–Crippen LogP) is 3.41. The molecular weight excluding hydrogens is 226 g/mol. The zero-order valence-electron chi connectivity index (χ0n) is 11.7. The van der Waals surface area contributed by atoms with E-state index in [1.807, 2.05) is 0 Å². The van der Waals surface area contributed by atoms with E-state index in [1.165, 1.54) is 25.7 Å². The van der Waals surface area contributed by atoms with Gasteiger partial charge in [0, 0.05) is 5.92 Å². The van der Waals surface area contributed by atoms with E-state index in [0.29, 0.717) is 17.7 Å². The van der Waals surface area contributed by atoms with Gasteiger partial charge in [0.1, 0.15) is 0 Å². The summed E-state index contributed by atoms with van der Waals surface area (Å²) in [5.74, 6) is 3.18. The van der Waals surface area contributed by atoms with Crippen molar-refractivity contribution in [3.05, 3.63) is 11.7 Å². The maximum atomic E-state index is 6.12. The Morgan fingerprint density at radius 2 is 2.00 bits per heavy atom. The van der Waals surface area contributed by atoms with Crippen LogP contribution in [0.5, 0.6) is 0 Å². The molecule has 2 atom stereocenters. The van der Waals surface area contributed by atoms with Gasteiger partial charge in [-0.2, -0.15) is 4.98 Å². The van der Waals surface area contributed by atoms with Crippen LogP contribution in [0, 0.1) is 11.8 Å². The van der Waals surface area contributed by atoms with Crippen LogP contribution in [0.25, 0.3) is 0 Å². The fraction of sp³-hybridized carbons (Fsp3) is 0.857. The summed E-state index contributed by atoms with van der Waals surface area (Å²) in [6, 6.07) is -0.126. The molecule has 2 N–H and O–H groups in total. The van der Waals surface area contributed by atoms with Gasteiger partial charge in [0.2, 0.25) is 5.89 Å². The third-order valence-corrected chi connectivity index (χ3v) is 4.38. The minimum absolute atomic E-state index is 0.126. The van der Waals surface area contributed by atoms with Crippen molar-refractivity contribution in [3.63, 3.8) is 0 Å². The number of hydrogen-bond acceptors (Lipinski definition) is 4. The molecule has 0 bridgehead atoms. The largest absolute Gasteiger partial charge is 0.338 e. The molecule has 4 heteroatoms. The van der Waals surface area contributed by atoms with Gasteiger partial charge >= 0.3 is 0 Å². The van der Waals surface area contributed by atoms with Crippen LogP contribution in [0.2, 0.25) is 0 Å². The average Bonchev–Trinajstić information content (AvgIpc) is 2.87. The van der Waals surface area contributed by atoms with Gasteiger partial charge in [-0.25, -0.2) is 0 Å². The Morgan fingerprint density at radius 3 is 2.61 bits per heavy atom. The van der Waals surface area contributed by atoms with Crippen LogP contribution >= 0.6 is 0 Å². The summed E-state index contributed by atoms with van der Waals surface area (Å²) in [5.41, 5.74) is 6.12. The Bertz CT molecular complexity index is 369. The van der Waals surface area contributed by atoms with Gasteiger partial charge in [0.15, 0.2) is 5.82 Å². The van der Waals surface area contributed by atoms with Crippen LogP contribution < -0.4 is 5.73 Å². The predicted molar refractivity (Wildman–Crippen MR) is 71.1 cm³/mol. The molecule has 2 rings (SSSR count). The van der Waals surface area contributed by atoms with Crippen LogP contribution in [-0.2, 0) is 0 Å². The van der Waals surface area contributed by atoms with Crippen molar-refractivity contribution < 1.29 is 4.52 Å². The van der Waals surface area contributed by atoms with Crippen molar-refractivity contribution in [3.8, 4) is 0 Å². The zero-order valence-corrected chi connectivity index (χ0v) is 11.7. The van der Waals surface area contributed by atoms with Crippen LogP contribution in [0.3, 0.4) is 0 Å². The molecule has 0 aromatic carbocycles. The maximum absolute atomic E-state index is 6.12. The first-order valence-electron chi connectivity index (χ1n) is 7.20. The number of nitrogens with zero attached hydrogens (tertiary/aromatic N) is 2. The summed E-state index contributed by atoms with van der Waals surface area (Å²) in [5, 5.41) is 4.14. The molecule has 1 aliphatic rings. The Kier molecular flexibility index (Phi) is 4.38. The van der Waals surface area contributed by atoms with Gasteiger partial charge in [-0.3, -0.25) is 0 Å². The normalized spacial score (nSPS) is 28.0. The zero-order chi connectivity index (χ0) is 13.1. The molecular formula is C14H25N3O. The maximum Gasteiger partial charge on any atom is 0.243 e. The van der Waals surface area contributed by atoms with E-state index >= 15 is 0 Å². The summed E-state index contributed by atoms with van der Waals surface area (Å²) < 4.78 is 5.34. The second-order valence-corrected chi connectivity index (χ2v) is 5.86. The van der Waals surface area contributed by atoms with Gasteiger partial charge in [0.25, 0.3) is 0 Å². The molecule has 1 aromatic heterocycles. The summed E-state index contributed by atoms with van der Waals surface area (Å²) in [6.45, 7) is 6.57. The lowest BCUT2D eigenvalue weighted by Crippen LogP contribution is -2.19. The second kappa shape index (κ2) is 5.83. The van der Waals surface area contributed by atoms with Crippen molar-refractivity contribution >= 4 is 0 Å². The van der Waals surface area contributed by atoms with Crippen molar-refractivity contribution in [1.29, 1.82) is 0 Å². The van der Waals surface area contributed by atoms with Crippen LogP contribution in [0.1, 0.15) is 76.6 Å². The molecule has 102 valence electrons. The lowest BCUT2D eigenvalue weighted by Gasteiger charge is -2.23. The van der Waals surface area contributed by atoms with Gasteiger partial charge in [-0.05, 0) is 24.7 Å². The van der Waals surface area contributed by atoms with E-state index < -0.39 is 0 Å². The first kappa shape index (κ1) is 13.5. The first-order chi connectivity index (χ1) is 8.61. The van der Waals surface area contributed by atoms with E-state index in [0.717, 1.165) is 18.2 Å². The Balaban J connectivity index is 2.01. The molecule has 1 heterocycles. The molecule has 0 radical (unpaired) electrons. The highest BCUT2D eigenvalue weighted by Crippen LogP contribution is 2.34. The van der Waals surface area contributed by atoms with E-state index in [2.05, 4.69) is 30.9 Å². The fourth-order valence-electron chi connectivity index (χ4n) is 2.56. The first-order valence-corrected chi connectivity index (χ1v) is 7.20. The molecule has 2 unspecified atom stereocenters. The molecule has 4 nitrogen and oxygen atoms in total. The molecule has 0 aliphatic heterocycles. The van der Waals surface area contributed by atoms with Crippen molar-refractivity contribution in [2.24, 2.45) is 17.6 Å². The van der Waals surface area contributed by atoms with E-state index in [-0.39, 0.29) is 6.04 Å². The highest BCUT2D eigenvalue weighted by molar-refractivity contribution is 5.00. The number of aromatic nitrogens is 2. The van der Waals surface area contributed by atoms with Crippen molar-refractivity contribution in [2.75, 3.05) is 0 Å². The third-order valence-electron chi connectivity index (χ3n) is 4.38. The van der Waals surface area contributed by atoms with Gasteiger partial charge in [-0.15, -0.1) is 0 Å². The van der Waals surface area contributed by atoms with E-state index in [9.17, 15) is 0 Å². The highest BCUT2D eigenvalue weighted by atomic mass is 16.5. The molecule has 1 fully saturated rings. The molecule has 18 heavy (non-hydrogen) atoms. The Hall–Kier alpha value is -0.900. The fourth-order valence-corrected chi connectivity index (χ4v) is 2.56. The number of rotatable bonds is 4. The summed E-state index contributed by atoms with van der Waals surface area (Å²) >= 11 is 0.